The lowest BCUT2D eigenvalue weighted by molar-refractivity contribution is 0.313. The predicted octanol–water partition coefficient (Wildman–Crippen LogP) is 3.18. The van der Waals surface area contributed by atoms with Gasteiger partial charge in [-0.3, -0.25) is 0 Å². The molecule has 3 heterocycles. The first-order valence-corrected chi connectivity index (χ1v) is 9.16. The Hall–Kier alpha value is -3.06. The number of nitrogens with zero attached hydrogens (tertiary/aromatic N) is 4. The van der Waals surface area contributed by atoms with Gasteiger partial charge in [-0.2, -0.15) is 4.98 Å². The maximum atomic E-state index is 5.32. The fourth-order valence-corrected chi connectivity index (χ4v) is 3.06. The first-order valence-electron chi connectivity index (χ1n) is 9.16. The van der Waals surface area contributed by atoms with Crippen LogP contribution in [0.3, 0.4) is 0 Å². The first-order chi connectivity index (χ1) is 13.3. The van der Waals surface area contributed by atoms with E-state index >= 15 is 0 Å². The second-order valence-corrected chi connectivity index (χ2v) is 6.66. The van der Waals surface area contributed by atoms with E-state index < -0.39 is 0 Å². The number of hydrogen-bond donors (Lipinski definition) is 2. The van der Waals surface area contributed by atoms with Crippen molar-refractivity contribution in [1.29, 1.82) is 0 Å². The van der Waals surface area contributed by atoms with E-state index in [0.717, 1.165) is 43.4 Å². The Labute approximate surface area is 159 Å². The number of anilines is 4. The molecule has 3 aromatic rings. The monoisotopic (exact) mass is 364 g/mol. The van der Waals surface area contributed by atoms with E-state index in [0.29, 0.717) is 12.5 Å². The lowest BCUT2D eigenvalue weighted by Crippen LogP contribution is -2.44. The smallest absolute Gasteiger partial charge is 0.229 e. The molecule has 0 unspecified atom stereocenters. The minimum Gasteiger partial charge on any atom is -0.467 e. The number of benzene rings is 1. The van der Waals surface area contributed by atoms with Crippen molar-refractivity contribution < 1.29 is 4.42 Å². The molecule has 1 aliphatic heterocycles. The van der Waals surface area contributed by atoms with Gasteiger partial charge in [-0.1, -0.05) is 0 Å². The van der Waals surface area contributed by atoms with Gasteiger partial charge in [-0.15, -0.1) is 0 Å². The van der Waals surface area contributed by atoms with Crippen molar-refractivity contribution in [3.05, 3.63) is 60.7 Å². The summed E-state index contributed by atoms with van der Waals surface area (Å²) in [4.78, 5) is 13.6. The van der Waals surface area contributed by atoms with Crippen LogP contribution in [0.4, 0.5) is 23.1 Å². The molecular formula is C20H24N6O. The molecule has 0 radical (unpaired) electrons. The van der Waals surface area contributed by atoms with Crippen molar-refractivity contribution >= 4 is 23.1 Å². The van der Waals surface area contributed by atoms with Crippen molar-refractivity contribution in [3.63, 3.8) is 0 Å². The largest absolute Gasteiger partial charge is 0.467 e. The maximum absolute atomic E-state index is 5.32. The summed E-state index contributed by atoms with van der Waals surface area (Å²) in [6.07, 6.45) is 3.40. The number of furan rings is 1. The summed E-state index contributed by atoms with van der Waals surface area (Å²) in [6.45, 7) is 4.92. The molecule has 4 rings (SSSR count). The molecule has 0 bridgehead atoms. The summed E-state index contributed by atoms with van der Waals surface area (Å²) in [6, 6.07) is 14.1. The quantitative estimate of drug-likeness (QED) is 0.696. The summed E-state index contributed by atoms with van der Waals surface area (Å²) in [5.74, 6) is 2.17. The number of likely N-dealkylation sites (N-methyl/N-ethyl adjacent to an activating group) is 1. The molecule has 0 aliphatic carbocycles. The lowest BCUT2D eigenvalue weighted by atomic mass is 10.2. The van der Waals surface area contributed by atoms with E-state index in [1.165, 1.54) is 5.69 Å². The highest BCUT2D eigenvalue weighted by Gasteiger charge is 2.14. The van der Waals surface area contributed by atoms with Gasteiger partial charge in [0.15, 0.2) is 0 Å². The zero-order valence-corrected chi connectivity index (χ0v) is 15.4. The normalized spacial score (nSPS) is 14.9. The van der Waals surface area contributed by atoms with Crippen molar-refractivity contribution in [2.75, 3.05) is 48.8 Å². The minimum atomic E-state index is 0.562. The Morgan fingerprint density at radius 2 is 1.85 bits per heavy atom. The second kappa shape index (κ2) is 8.09. The van der Waals surface area contributed by atoms with Crippen LogP contribution in [0.25, 0.3) is 0 Å². The topological polar surface area (TPSA) is 69.5 Å². The lowest BCUT2D eigenvalue weighted by Gasteiger charge is -2.34. The van der Waals surface area contributed by atoms with Gasteiger partial charge in [-0.05, 0) is 49.5 Å². The van der Waals surface area contributed by atoms with Gasteiger partial charge in [-0.25, -0.2) is 4.98 Å². The molecule has 7 heteroatoms. The number of piperazine rings is 1. The molecule has 7 nitrogen and oxygen atoms in total. The molecular weight excluding hydrogens is 340 g/mol. The van der Waals surface area contributed by atoms with Crippen LogP contribution in [-0.4, -0.2) is 48.1 Å². The summed E-state index contributed by atoms with van der Waals surface area (Å²) >= 11 is 0. The van der Waals surface area contributed by atoms with E-state index in [2.05, 4.69) is 61.7 Å². The Morgan fingerprint density at radius 3 is 2.59 bits per heavy atom. The van der Waals surface area contributed by atoms with Gasteiger partial charge >= 0.3 is 0 Å². The molecule has 0 spiro atoms. The summed E-state index contributed by atoms with van der Waals surface area (Å²) < 4.78 is 5.32. The van der Waals surface area contributed by atoms with E-state index in [-0.39, 0.29) is 0 Å². The van der Waals surface area contributed by atoms with Gasteiger partial charge in [0.2, 0.25) is 5.95 Å². The van der Waals surface area contributed by atoms with Gasteiger partial charge in [0.25, 0.3) is 0 Å². The molecule has 1 saturated heterocycles. The molecule has 0 amide bonds. The van der Waals surface area contributed by atoms with Crippen LogP contribution < -0.4 is 15.5 Å². The van der Waals surface area contributed by atoms with E-state index in [1.54, 1.807) is 12.5 Å². The summed E-state index contributed by atoms with van der Waals surface area (Å²) in [5.41, 5.74) is 2.22. The molecule has 0 saturated carbocycles. The third kappa shape index (κ3) is 4.57. The summed E-state index contributed by atoms with van der Waals surface area (Å²) in [7, 11) is 2.17. The van der Waals surface area contributed by atoms with Crippen LogP contribution in [0.1, 0.15) is 5.76 Å². The average Bonchev–Trinajstić information content (AvgIpc) is 3.22. The molecule has 2 N–H and O–H groups in total. The van der Waals surface area contributed by atoms with Crippen molar-refractivity contribution in [2.24, 2.45) is 0 Å². The molecule has 1 fully saturated rings. The standard InChI is InChI=1S/C20H24N6O/c1-25-10-12-26(13-11-25)17-6-4-16(5-7-17)23-20-21-9-8-19(24-20)22-15-18-3-2-14-27-18/h2-9,14H,10-13,15H2,1H3,(H2,21,22,23,24). The van der Waals surface area contributed by atoms with Gasteiger partial charge in [0.05, 0.1) is 12.8 Å². The van der Waals surface area contributed by atoms with E-state index in [4.69, 9.17) is 4.42 Å². The number of rotatable bonds is 6. The van der Waals surface area contributed by atoms with Gasteiger partial charge in [0.1, 0.15) is 11.6 Å². The molecule has 140 valence electrons. The van der Waals surface area contributed by atoms with Crippen molar-refractivity contribution in [3.8, 4) is 0 Å². The van der Waals surface area contributed by atoms with E-state index in [9.17, 15) is 0 Å². The van der Waals surface area contributed by atoms with Crippen molar-refractivity contribution in [2.45, 2.75) is 6.54 Å². The average molecular weight is 364 g/mol. The fraction of sp³-hybridized carbons (Fsp3) is 0.300. The van der Waals surface area contributed by atoms with Crippen LogP contribution in [0, 0.1) is 0 Å². The van der Waals surface area contributed by atoms with Crippen LogP contribution in [0.2, 0.25) is 0 Å². The van der Waals surface area contributed by atoms with Gasteiger partial charge in [0, 0.05) is 43.8 Å². The number of hydrogen-bond acceptors (Lipinski definition) is 7. The first kappa shape index (κ1) is 17.4. The highest BCUT2D eigenvalue weighted by molar-refractivity contribution is 5.60. The Bertz CT molecular complexity index is 841. The molecule has 0 atom stereocenters. The molecule has 1 aromatic carbocycles. The predicted molar refractivity (Wildman–Crippen MR) is 108 cm³/mol. The maximum Gasteiger partial charge on any atom is 0.229 e. The van der Waals surface area contributed by atoms with Crippen LogP contribution in [0.5, 0.6) is 0 Å². The Kier molecular flexibility index (Phi) is 5.20. The molecule has 2 aromatic heterocycles. The summed E-state index contributed by atoms with van der Waals surface area (Å²) in [5, 5.41) is 6.50. The third-order valence-electron chi connectivity index (χ3n) is 4.67. The molecule has 27 heavy (non-hydrogen) atoms. The van der Waals surface area contributed by atoms with Crippen LogP contribution >= 0.6 is 0 Å². The highest BCUT2D eigenvalue weighted by Crippen LogP contribution is 2.21. The van der Waals surface area contributed by atoms with Gasteiger partial charge < -0.3 is 24.9 Å². The zero-order valence-electron chi connectivity index (χ0n) is 15.4. The second-order valence-electron chi connectivity index (χ2n) is 6.66. The third-order valence-corrected chi connectivity index (χ3v) is 4.67. The minimum absolute atomic E-state index is 0.562. The zero-order chi connectivity index (χ0) is 18.5. The number of nitrogens with one attached hydrogen (secondary N) is 2. The molecule has 1 aliphatic rings. The van der Waals surface area contributed by atoms with Crippen molar-refractivity contribution in [1.82, 2.24) is 14.9 Å². The number of aromatic nitrogens is 2. The Morgan fingerprint density at radius 1 is 1.04 bits per heavy atom. The highest BCUT2D eigenvalue weighted by atomic mass is 16.3. The van der Waals surface area contributed by atoms with Crippen LogP contribution in [0.15, 0.2) is 59.3 Å². The van der Waals surface area contributed by atoms with Crippen LogP contribution in [-0.2, 0) is 6.54 Å². The SMILES string of the molecule is CN1CCN(c2ccc(Nc3nccc(NCc4ccco4)n3)cc2)CC1. The Balaban J connectivity index is 1.36. The fourth-order valence-electron chi connectivity index (χ4n) is 3.06. The van der Waals surface area contributed by atoms with E-state index in [1.807, 2.05) is 18.2 Å².